The van der Waals surface area contributed by atoms with Crippen molar-refractivity contribution in [2.45, 2.75) is 71.8 Å². The van der Waals surface area contributed by atoms with E-state index in [4.69, 9.17) is 4.74 Å². The molecule has 3 nitrogen and oxygen atoms in total. The first-order valence-corrected chi connectivity index (χ1v) is 9.16. The molecule has 2 rings (SSSR count). The molecule has 0 radical (unpaired) electrons. The van der Waals surface area contributed by atoms with Crippen molar-refractivity contribution in [1.29, 1.82) is 0 Å². The summed E-state index contributed by atoms with van der Waals surface area (Å²) in [5.74, 6) is 1.89. The summed E-state index contributed by atoms with van der Waals surface area (Å²) in [7, 11) is 0. The second kappa shape index (κ2) is 8.95. The summed E-state index contributed by atoms with van der Waals surface area (Å²) < 4.78 is 5.78. The zero-order chi connectivity index (χ0) is 16.7. The molecule has 0 aromatic heterocycles. The average molecular weight is 317 g/mol. The van der Waals surface area contributed by atoms with Crippen molar-refractivity contribution in [1.82, 2.24) is 0 Å². The molecule has 3 heteroatoms. The van der Waals surface area contributed by atoms with E-state index in [-0.39, 0.29) is 17.9 Å². The topological polar surface area (TPSA) is 38.3 Å². The molecule has 128 valence electrons. The van der Waals surface area contributed by atoms with Crippen molar-refractivity contribution >= 4 is 11.6 Å². The highest BCUT2D eigenvalue weighted by Gasteiger charge is 2.26. The van der Waals surface area contributed by atoms with E-state index in [2.05, 4.69) is 12.2 Å². The fraction of sp³-hybridized carbons (Fsp3) is 0.650. The third-order valence-electron chi connectivity index (χ3n) is 4.69. The minimum absolute atomic E-state index is 0.0991. The molecule has 1 aromatic carbocycles. The van der Waals surface area contributed by atoms with Crippen LogP contribution in [0.25, 0.3) is 0 Å². The SMILES string of the molecule is CCCCC1CCC(C(=O)Nc2ccccc2OC(C)C)CC1. The van der Waals surface area contributed by atoms with Gasteiger partial charge in [-0.3, -0.25) is 4.79 Å². The lowest BCUT2D eigenvalue weighted by atomic mass is 9.79. The van der Waals surface area contributed by atoms with Crippen LogP contribution in [0, 0.1) is 11.8 Å². The number of unbranched alkanes of at least 4 members (excludes halogenated alkanes) is 1. The number of benzene rings is 1. The van der Waals surface area contributed by atoms with Crippen molar-refractivity contribution in [2.24, 2.45) is 11.8 Å². The van der Waals surface area contributed by atoms with E-state index in [1.807, 2.05) is 38.1 Å². The summed E-state index contributed by atoms with van der Waals surface area (Å²) in [5.41, 5.74) is 0.791. The van der Waals surface area contributed by atoms with Crippen LogP contribution in [0.2, 0.25) is 0 Å². The van der Waals surface area contributed by atoms with Gasteiger partial charge in [0.1, 0.15) is 5.75 Å². The van der Waals surface area contributed by atoms with Gasteiger partial charge in [0.25, 0.3) is 0 Å². The first-order chi connectivity index (χ1) is 11.1. The van der Waals surface area contributed by atoms with Crippen LogP contribution in [-0.2, 0) is 4.79 Å². The Morgan fingerprint density at radius 2 is 1.91 bits per heavy atom. The lowest BCUT2D eigenvalue weighted by Gasteiger charge is -2.28. The lowest BCUT2D eigenvalue weighted by molar-refractivity contribution is -0.121. The van der Waals surface area contributed by atoms with Crippen LogP contribution in [0.5, 0.6) is 5.75 Å². The van der Waals surface area contributed by atoms with E-state index in [1.54, 1.807) is 0 Å². The second-order valence-electron chi connectivity index (χ2n) is 7.01. The number of rotatable bonds is 7. The summed E-state index contributed by atoms with van der Waals surface area (Å²) in [6.07, 6.45) is 8.46. The van der Waals surface area contributed by atoms with Crippen LogP contribution in [-0.4, -0.2) is 12.0 Å². The average Bonchev–Trinajstić information content (AvgIpc) is 2.54. The fourth-order valence-corrected chi connectivity index (χ4v) is 3.37. The number of anilines is 1. The van der Waals surface area contributed by atoms with Gasteiger partial charge in [-0.05, 0) is 57.6 Å². The largest absolute Gasteiger partial charge is 0.489 e. The van der Waals surface area contributed by atoms with E-state index in [9.17, 15) is 4.79 Å². The van der Waals surface area contributed by atoms with Crippen molar-refractivity contribution in [3.63, 3.8) is 0 Å². The molecule has 0 aliphatic heterocycles. The predicted octanol–water partition coefficient (Wildman–Crippen LogP) is 5.41. The van der Waals surface area contributed by atoms with Gasteiger partial charge in [0, 0.05) is 5.92 Å². The standard InChI is InChI=1S/C20H31NO2/c1-4-5-8-16-11-13-17(14-12-16)20(22)21-18-9-6-7-10-19(18)23-15(2)3/h6-7,9-10,15-17H,4-5,8,11-14H2,1-3H3,(H,21,22). The lowest BCUT2D eigenvalue weighted by Crippen LogP contribution is -2.27. The van der Waals surface area contributed by atoms with Crippen molar-refractivity contribution < 1.29 is 9.53 Å². The summed E-state index contributed by atoms with van der Waals surface area (Å²) in [5, 5.41) is 3.08. The van der Waals surface area contributed by atoms with E-state index in [0.29, 0.717) is 0 Å². The highest BCUT2D eigenvalue weighted by molar-refractivity contribution is 5.94. The van der Waals surface area contributed by atoms with Crippen molar-refractivity contribution in [3.8, 4) is 5.75 Å². The quantitative estimate of drug-likeness (QED) is 0.730. The number of carbonyl (C=O) groups is 1. The molecular formula is C20H31NO2. The van der Waals surface area contributed by atoms with Gasteiger partial charge in [-0.25, -0.2) is 0 Å². The molecule has 1 aliphatic rings. The third kappa shape index (κ3) is 5.56. The highest BCUT2D eigenvalue weighted by atomic mass is 16.5. The molecule has 0 saturated heterocycles. The molecule has 0 heterocycles. The molecule has 1 fully saturated rings. The fourth-order valence-electron chi connectivity index (χ4n) is 3.37. The van der Waals surface area contributed by atoms with Crippen LogP contribution in [0.3, 0.4) is 0 Å². The van der Waals surface area contributed by atoms with Gasteiger partial charge in [-0.1, -0.05) is 38.3 Å². The summed E-state index contributed by atoms with van der Waals surface area (Å²) in [6.45, 7) is 6.24. The highest BCUT2D eigenvalue weighted by Crippen LogP contribution is 2.33. The molecule has 0 spiro atoms. The van der Waals surface area contributed by atoms with Crippen molar-refractivity contribution in [2.75, 3.05) is 5.32 Å². The molecule has 1 saturated carbocycles. The number of amides is 1. The number of nitrogens with one attached hydrogen (secondary N) is 1. The molecule has 23 heavy (non-hydrogen) atoms. The van der Waals surface area contributed by atoms with Gasteiger partial charge in [-0.2, -0.15) is 0 Å². The molecule has 1 N–H and O–H groups in total. The Hall–Kier alpha value is -1.51. The van der Waals surface area contributed by atoms with E-state index >= 15 is 0 Å². The normalized spacial score (nSPS) is 21.2. The Balaban J connectivity index is 1.88. The molecule has 1 amide bonds. The maximum Gasteiger partial charge on any atom is 0.227 e. The van der Waals surface area contributed by atoms with Crippen LogP contribution in [0.4, 0.5) is 5.69 Å². The van der Waals surface area contributed by atoms with E-state index < -0.39 is 0 Å². The number of para-hydroxylation sites is 2. The molecular weight excluding hydrogens is 286 g/mol. The predicted molar refractivity (Wildman–Crippen MR) is 95.8 cm³/mol. The molecule has 0 atom stereocenters. The van der Waals surface area contributed by atoms with Crippen molar-refractivity contribution in [3.05, 3.63) is 24.3 Å². The minimum Gasteiger partial charge on any atom is -0.489 e. The smallest absolute Gasteiger partial charge is 0.227 e. The maximum absolute atomic E-state index is 12.6. The molecule has 1 aliphatic carbocycles. The Bertz CT molecular complexity index is 490. The summed E-state index contributed by atoms with van der Waals surface area (Å²) in [4.78, 5) is 12.6. The van der Waals surface area contributed by atoms with Gasteiger partial charge in [0.05, 0.1) is 11.8 Å². The Morgan fingerprint density at radius 1 is 1.22 bits per heavy atom. The van der Waals surface area contributed by atoms with Gasteiger partial charge in [0.15, 0.2) is 0 Å². The monoisotopic (exact) mass is 317 g/mol. The first kappa shape index (κ1) is 17.8. The van der Waals surface area contributed by atoms with Crippen LogP contribution < -0.4 is 10.1 Å². The number of hydrogen-bond donors (Lipinski definition) is 1. The summed E-state index contributed by atoms with van der Waals surface area (Å²) in [6, 6.07) is 7.70. The Kier molecular flexibility index (Phi) is 6.94. The van der Waals surface area contributed by atoms with E-state index in [0.717, 1.165) is 30.2 Å². The van der Waals surface area contributed by atoms with Gasteiger partial charge in [-0.15, -0.1) is 0 Å². The van der Waals surface area contributed by atoms with Gasteiger partial charge >= 0.3 is 0 Å². The number of hydrogen-bond acceptors (Lipinski definition) is 2. The number of carbonyl (C=O) groups excluding carboxylic acids is 1. The zero-order valence-electron chi connectivity index (χ0n) is 14.8. The van der Waals surface area contributed by atoms with Crippen LogP contribution in [0.1, 0.15) is 65.7 Å². The second-order valence-corrected chi connectivity index (χ2v) is 7.01. The zero-order valence-corrected chi connectivity index (χ0v) is 14.8. The molecule has 1 aromatic rings. The minimum atomic E-state index is 0.0991. The first-order valence-electron chi connectivity index (χ1n) is 9.16. The maximum atomic E-state index is 12.6. The van der Waals surface area contributed by atoms with Crippen LogP contribution >= 0.6 is 0 Å². The third-order valence-corrected chi connectivity index (χ3v) is 4.69. The molecule has 0 bridgehead atoms. The van der Waals surface area contributed by atoms with Gasteiger partial charge in [0.2, 0.25) is 5.91 Å². The number of ether oxygens (including phenoxy) is 1. The molecule has 0 unspecified atom stereocenters. The Morgan fingerprint density at radius 3 is 2.57 bits per heavy atom. The van der Waals surface area contributed by atoms with Crippen LogP contribution in [0.15, 0.2) is 24.3 Å². The van der Waals surface area contributed by atoms with Gasteiger partial charge < -0.3 is 10.1 Å². The van der Waals surface area contributed by atoms with E-state index in [1.165, 1.54) is 32.1 Å². The Labute approximate surface area is 140 Å². The summed E-state index contributed by atoms with van der Waals surface area (Å²) >= 11 is 0.